The van der Waals surface area contributed by atoms with Gasteiger partial charge in [0.05, 0.1) is 5.69 Å². The van der Waals surface area contributed by atoms with Crippen LogP contribution in [0.25, 0.3) is 0 Å². The molecule has 2 aromatic rings. The first kappa shape index (κ1) is 14.0. The third kappa shape index (κ3) is 3.80. The number of para-hydroxylation sites is 2. The summed E-state index contributed by atoms with van der Waals surface area (Å²) in [5, 5.41) is 13.0. The van der Waals surface area contributed by atoms with Gasteiger partial charge >= 0.3 is 0 Å². The van der Waals surface area contributed by atoms with E-state index < -0.39 is 0 Å². The van der Waals surface area contributed by atoms with Crippen LogP contribution in [0.2, 0.25) is 0 Å². The van der Waals surface area contributed by atoms with Crippen molar-refractivity contribution in [1.29, 1.82) is 0 Å². The molecule has 0 amide bonds. The zero-order valence-electron chi connectivity index (χ0n) is 11.7. The average molecular weight is 265 g/mol. The second-order valence-electron chi connectivity index (χ2n) is 4.50. The monoisotopic (exact) mass is 265 g/mol. The molecule has 2 rings (SSSR count). The van der Waals surface area contributed by atoms with Gasteiger partial charge in [-0.2, -0.15) is 0 Å². The van der Waals surface area contributed by atoms with E-state index in [1.54, 1.807) is 25.1 Å². The van der Waals surface area contributed by atoms with E-state index in [2.05, 4.69) is 4.99 Å². The molecule has 0 fully saturated rings. The molecule has 0 N–H and O–H groups in total. The Balaban J connectivity index is 2.16. The maximum Gasteiger partial charge on any atom is 0.0632 e. The minimum atomic E-state index is 0.605. The summed E-state index contributed by atoms with van der Waals surface area (Å²) in [6.45, 7) is 3.67. The number of hydrogen-bond donors (Lipinski definition) is 0. The molecule has 0 unspecified atom stereocenters. The van der Waals surface area contributed by atoms with E-state index in [1.165, 1.54) is 0 Å². The van der Waals surface area contributed by atoms with Gasteiger partial charge in [-0.1, -0.05) is 36.4 Å². The first-order valence-electron chi connectivity index (χ1n) is 6.48. The van der Waals surface area contributed by atoms with E-state index in [4.69, 9.17) is 0 Å². The molecule has 0 aliphatic rings. The zero-order chi connectivity index (χ0) is 14.4. The highest BCUT2D eigenvalue weighted by molar-refractivity contribution is 5.95. The Kier molecular flexibility index (Phi) is 4.69. The quantitative estimate of drug-likeness (QED) is 0.594. The minimum Gasteiger partial charge on any atom is -0.754 e. The Hall–Kier alpha value is -2.39. The average Bonchev–Trinajstić information content (AvgIpc) is 2.48. The van der Waals surface area contributed by atoms with Gasteiger partial charge in [0.2, 0.25) is 0 Å². The van der Waals surface area contributed by atoms with E-state index in [1.807, 2.05) is 55.5 Å². The molecule has 0 spiro atoms. The summed E-state index contributed by atoms with van der Waals surface area (Å²) < 4.78 is 0. The van der Waals surface area contributed by atoms with Crippen molar-refractivity contribution in [1.82, 2.24) is 0 Å². The van der Waals surface area contributed by atoms with E-state index in [0.717, 1.165) is 16.5 Å². The second-order valence-corrected chi connectivity index (χ2v) is 4.50. The minimum absolute atomic E-state index is 0.605. The third-order valence-corrected chi connectivity index (χ3v) is 2.79. The van der Waals surface area contributed by atoms with Crippen LogP contribution in [0.5, 0.6) is 0 Å². The molecule has 0 bridgehead atoms. The van der Waals surface area contributed by atoms with E-state index in [9.17, 15) is 5.21 Å². The second kappa shape index (κ2) is 6.68. The molecule has 102 valence electrons. The van der Waals surface area contributed by atoms with Crippen molar-refractivity contribution in [3.63, 3.8) is 0 Å². The number of allylic oxidation sites excluding steroid dienone is 2. The van der Waals surface area contributed by atoms with Crippen LogP contribution >= 0.6 is 0 Å². The molecule has 2 aromatic carbocycles. The topological polar surface area (TPSA) is 38.7 Å². The van der Waals surface area contributed by atoms with E-state index in [0.29, 0.717) is 11.4 Å². The summed E-state index contributed by atoms with van der Waals surface area (Å²) in [5.74, 6) is 0. The van der Waals surface area contributed by atoms with Gasteiger partial charge in [0.15, 0.2) is 0 Å². The van der Waals surface area contributed by atoms with Gasteiger partial charge in [-0.15, -0.1) is 0 Å². The fourth-order valence-electron chi connectivity index (χ4n) is 1.87. The van der Waals surface area contributed by atoms with Crippen molar-refractivity contribution in [3.05, 3.63) is 77.6 Å². The molecular weight excluding hydrogens is 248 g/mol. The molecule has 0 atom stereocenters. The highest BCUT2D eigenvalue weighted by atomic mass is 16.5. The number of benzene rings is 2. The predicted molar refractivity (Wildman–Crippen MR) is 85.3 cm³/mol. The van der Waals surface area contributed by atoms with Crippen LogP contribution in [0.1, 0.15) is 13.8 Å². The third-order valence-electron chi connectivity index (χ3n) is 2.79. The summed E-state index contributed by atoms with van der Waals surface area (Å²) in [5.41, 5.74) is 2.90. The van der Waals surface area contributed by atoms with Crippen LogP contribution in [0.3, 0.4) is 0 Å². The van der Waals surface area contributed by atoms with Crippen LogP contribution < -0.4 is 5.06 Å². The normalized spacial score (nSPS) is 12.3. The zero-order valence-corrected chi connectivity index (χ0v) is 11.7. The lowest BCUT2D eigenvalue weighted by Gasteiger charge is -2.31. The Bertz CT molecular complexity index is 603. The molecule has 0 aromatic heterocycles. The smallest absolute Gasteiger partial charge is 0.0632 e. The van der Waals surface area contributed by atoms with Crippen molar-refractivity contribution in [2.45, 2.75) is 13.8 Å². The Labute approximate surface area is 119 Å². The van der Waals surface area contributed by atoms with E-state index in [-0.39, 0.29) is 0 Å². The molecule has 0 saturated carbocycles. The van der Waals surface area contributed by atoms with Crippen molar-refractivity contribution < 1.29 is 0 Å². The summed E-state index contributed by atoms with van der Waals surface area (Å²) in [6, 6.07) is 18.8. The summed E-state index contributed by atoms with van der Waals surface area (Å²) in [7, 11) is 0. The lowest BCUT2D eigenvalue weighted by molar-refractivity contribution is 1.16. The first-order valence-corrected chi connectivity index (χ1v) is 6.48. The molecular formula is C17H17N2O-. The molecule has 0 heterocycles. The summed E-state index contributed by atoms with van der Waals surface area (Å²) in [4.78, 5) is 4.45. The highest BCUT2D eigenvalue weighted by Crippen LogP contribution is 2.17. The molecule has 3 nitrogen and oxygen atoms in total. The molecule has 0 aliphatic heterocycles. The summed E-state index contributed by atoms with van der Waals surface area (Å²) >= 11 is 0. The largest absolute Gasteiger partial charge is 0.754 e. The molecule has 20 heavy (non-hydrogen) atoms. The fourth-order valence-corrected chi connectivity index (χ4v) is 1.87. The van der Waals surface area contributed by atoms with Gasteiger partial charge in [-0.3, -0.25) is 4.99 Å². The van der Waals surface area contributed by atoms with Gasteiger partial charge < -0.3 is 10.3 Å². The van der Waals surface area contributed by atoms with Gasteiger partial charge in [0, 0.05) is 17.1 Å². The lowest BCUT2D eigenvalue weighted by atomic mass is 10.2. The first-order chi connectivity index (χ1) is 9.66. The van der Waals surface area contributed by atoms with Crippen LogP contribution in [-0.2, 0) is 0 Å². The van der Waals surface area contributed by atoms with Crippen LogP contribution in [0.4, 0.5) is 11.4 Å². The summed E-state index contributed by atoms with van der Waals surface area (Å²) in [6.07, 6.45) is 1.78. The number of hydroxylamine groups is 1. The van der Waals surface area contributed by atoms with Crippen LogP contribution in [0, 0.1) is 5.21 Å². The number of anilines is 1. The van der Waals surface area contributed by atoms with Gasteiger partial charge in [0.1, 0.15) is 0 Å². The fraction of sp³-hybridized carbons (Fsp3) is 0.118. The lowest BCUT2D eigenvalue weighted by Crippen LogP contribution is -2.12. The van der Waals surface area contributed by atoms with Crippen LogP contribution in [0.15, 0.2) is 77.4 Å². The van der Waals surface area contributed by atoms with Crippen molar-refractivity contribution >= 4 is 17.1 Å². The number of hydrogen-bond acceptors (Lipinski definition) is 3. The SMILES string of the molecule is CC(/C=C(/C)N([O-])c1ccccc1)=Nc1ccccc1. The maximum atomic E-state index is 12.1. The standard InChI is InChI=1S/C17H17N2O/c1-14(18-16-9-5-3-6-10-16)13-15(2)19(20)17-11-7-4-8-12-17/h3-13H,1-2H3/q-1/b15-13-,18-14?. The number of rotatable bonds is 4. The van der Waals surface area contributed by atoms with Crippen molar-refractivity contribution in [2.24, 2.45) is 4.99 Å². The molecule has 3 heteroatoms. The number of aliphatic imine (C=N–C) groups is 1. The number of nitrogens with zero attached hydrogens (tertiary/aromatic N) is 2. The van der Waals surface area contributed by atoms with Crippen LogP contribution in [-0.4, -0.2) is 5.71 Å². The molecule has 0 aliphatic carbocycles. The highest BCUT2D eigenvalue weighted by Gasteiger charge is 1.97. The Morgan fingerprint density at radius 1 is 0.950 bits per heavy atom. The molecule has 0 saturated heterocycles. The van der Waals surface area contributed by atoms with Crippen molar-refractivity contribution in [2.75, 3.05) is 5.06 Å². The molecule has 0 radical (unpaired) electrons. The van der Waals surface area contributed by atoms with E-state index >= 15 is 0 Å². The van der Waals surface area contributed by atoms with Gasteiger partial charge in [-0.25, -0.2) is 0 Å². The predicted octanol–water partition coefficient (Wildman–Crippen LogP) is 4.69. The Morgan fingerprint density at radius 2 is 1.50 bits per heavy atom. The van der Waals surface area contributed by atoms with Gasteiger partial charge in [-0.05, 0) is 44.2 Å². The van der Waals surface area contributed by atoms with Gasteiger partial charge in [0.25, 0.3) is 0 Å². The Morgan fingerprint density at radius 3 is 2.10 bits per heavy atom. The van der Waals surface area contributed by atoms with Crippen molar-refractivity contribution in [3.8, 4) is 0 Å². The maximum absolute atomic E-state index is 12.1.